The van der Waals surface area contributed by atoms with Gasteiger partial charge in [0.05, 0.1) is 5.69 Å². The second-order valence-electron chi connectivity index (χ2n) is 6.33. The predicted molar refractivity (Wildman–Crippen MR) is 103 cm³/mol. The summed E-state index contributed by atoms with van der Waals surface area (Å²) in [5.41, 5.74) is 0.782. The Bertz CT molecular complexity index is 742. The highest BCUT2D eigenvalue weighted by atomic mass is 32.1. The minimum absolute atomic E-state index is 0.109. The lowest BCUT2D eigenvalue weighted by Gasteiger charge is -2.17. The van der Waals surface area contributed by atoms with Gasteiger partial charge >= 0.3 is 0 Å². The average Bonchev–Trinajstić information content (AvgIpc) is 3.30. The molecule has 9 heteroatoms. The summed E-state index contributed by atoms with van der Waals surface area (Å²) in [6.07, 6.45) is 4.14. The largest absolute Gasteiger partial charge is 0.368 e. The van der Waals surface area contributed by atoms with Gasteiger partial charge in [0.1, 0.15) is 22.3 Å². The van der Waals surface area contributed by atoms with E-state index in [4.69, 9.17) is 0 Å². The molecule has 3 rings (SSSR count). The molecule has 1 amide bonds. The molecular weight excluding hydrogens is 350 g/mol. The molecule has 0 saturated carbocycles. The van der Waals surface area contributed by atoms with Gasteiger partial charge in [-0.15, -0.1) is 5.10 Å². The number of hydrogen-bond donors (Lipinski definition) is 2. The van der Waals surface area contributed by atoms with Crippen LogP contribution in [0.25, 0.3) is 0 Å². The van der Waals surface area contributed by atoms with Crippen LogP contribution in [0.2, 0.25) is 0 Å². The zero-order valence-corrected chi connectivity index (χ0v) is 16.1. The topological polar surface area (TPSA) is 95.9 Å². The van der Waals surface area contributed by atoms with Gasteiger partial charge in [-0.2, -0.15) is 0 Å². The molecule has 2 aromatic rings. The maximum Gasteiger partial charge on any atom is 0.265 e. The van der Waals surface area contributed by atoms with E-state index in [9.17, 15) is 4.79 Å². The molecule has 1 aliphatic heterocycles. The van der Waals surface area contributed by atoms with Gasteiger partial charge < -0.3 is 15.5 Å². The summed E-state index contributed by atoms with van der Waals surface area (Å²) in [6.45, 7) is 7.16. The van der Waals surface area contributed by atoms with Gasteiger partial charge in [-0.05, 0) is 37.7 Å². The van der Waals surface area contributed by atoms with Crippen molar-refractivity contribution in [1.82, 2.24) is 24.9 Å². The smallest absolute Gasteiger partial charge is 0.265 e. The number of anilines is 2. The molecule has 140 valence electrons. The second kappa shape index (κ2) is 8.88. The van der Waals surface area contributed by atoms with Crippen molar-refractivity contribution >= 4 is 29.1 Å². The number of carbonyl (C=O) groups excluding carboxylic acids is 1. The summed E-state index contributed by atoms with van der Waals surface area (Å²) in [4.78, 5) is 24.1. The quantitative estimate of drug-likeness (QED) is 0.682. The van der Waals surface area contributed by atoms with Gasteiger partial charge in [-0.3, -0.25) is 4.79 Å². The minimum Gasteiger partial charge on any atom is -0.368 e. The number of aryl methyl sites for hydroxylation is 2. The number of carbonyl (C=O) groups is 1. The van der Waals surface area contributed by atoms with Crippen LogP contribution in [0.4, 0.5) is 11.6 Å². The Morgan fingerprint density at radius 1 is 1.27 bits per heavy atom. The molecule has 3 heterocycles. The van der Waals surface area contributed by atoms with E-state index in [-0.39, 0.29) is 5.91 Å². The Kier molecular flexibility index (Phi) is 6.32. The lowest BCUT2D eigenvalue weighted by molar-refractivity contribution is 0.0958. The van der Waals surface area contributed by atoms with E-state index >= 15 is 0 Å². The molecule has 0 spiro atoms. The fourth-order valence-electron chi connectivity index (χ4n) is 2.98. The molecule has 0 radical (unpaired) electrons. The van der Waals surface area contributed by atoms with Crippen LogP contribution in [0.1, 0.15) is 47.4 Å². The van der Waals surface area contributed by atoms with Gasteiger partial charge in [0.25, 0.3) is 5.91 Å². The number of amides is 1. The molecule has 1 fully saturated rings. The van der Waals surface area contributed by atoms with Crippen molar-refractivity contribution < 1.29 is 4.79 Å². The summed E-state index contributed by atoms with van der Waals surface area (Å²) in [5, 5.41) is 10.2. The first-order chi connectivity index (χ1) is 12.7. The Balaban J connectivity index is 1.50. The fraction of sp³-hybridized carbons (Fsp3) is 0.588. The van der Waals surface area contributed by atoms with Crippen LogP contribution in [-0.4, -0.2) is 51.6 Å². The minimum atomic E-state index is -0.109. The normalized spacial score (nSPS) is 13.8. The summed E-state index contributed by atoms with van der Waals surface area (Å²) in [6, 6.07) is 1.98. The number of nitrogens with one attached hydrogen (secondary N) is 2. The SMILES string of the molecule is CCCc1nnsc1C(=O)NCCNc1cc(N2CCCC2)nc(C)n1. The van der Waals surface area contributed by atoms with Crippen LogP contribution >= 0.6 is 11.5 Å². The van der Waals surface area contributed by atoms with E-state index in [0.717, 1.165) is 60.6 Å². The maximum absolute atomic E-state index is 12.3. The van der Waals surface area contributed by atoms with Gasteiger partial charge in [0.15, 0.2) is 0 Å². The molecule has 8 nitrogen and oxygen atoms in total. The molecule has 0 unspecified atom stereocenters. The third-order valence-electron chi connectivity index (χ3n) is 4.22. The van der Waals surface area contributed by atoms with Gasteiger partial charge in [0, 0.05) is 32.2 Å². The van der Waals surface area contributed by atoms with E-state index in [1.54, 1.807) is 0 Å². The summed E-state index contributed by atoms with van der Waals surface area (Å²) >= 11 is 1.15. The standard InChI is InChI=1S/C17H25N7OS/c1-3-6-13-16(26-23-22-13)17(25)19-8-7-18-14-11-15(21-12(2)20-14)24-9-4-5-10-24/h11H,3-10H2,1-2H3,(H,19,25)(H,18,20,21). The number of nitrogens with zero attached hydrogens (tertiary/aromatic N) is 5. The predicted octanol–water partition coefficient (Wildman–Crippen LogP) is 2.03. The van der Waals surface area contributed by atoms with Crippen LogP contribution in [0.15, 0.2) is 6.07 Å². The summed E-state index contributed by atoms with van der Waals surface area (Å²) in [7, 11) is 0. The van der Waals surface area contributed by atoms with Crippen molar-refractivity contribution in [3.8, 4) is 0 Å². The molecule has 0 aliphatic carbocycles. The van der Waals surface area contributed by atoms with E-state index in [1.165, 1.54) is 12.8 Å². The lowest BCUT2D eigenvalue weighted by Crippen LogP contribution is -2.29. The van der Waals surface area contributed by atoms with Crippen molar-refractivity contribution in [2.45, 2.75) is 39.5 Å². The molecular formula is C17H25N7OS. The van der Waals surface area contributed by atoms with E-state index in [0.29, 0.717) is 18.0 Å². The summed E-state index contributed by atoms with van der Waals surface area (Å²) in [5.74, 6) is 2.41. The monoisotopic (exact) mass is 375 g/mol. The Labute approximate surface area is 157 Å². The number of hydrogen-bond acceptors (Lipinski definition) is 8. The van der Waals surface area contributed by atoms with E-state index in [1.807, 2.05) is 13.0 Å². The Hall–Kier alpha value is -2.29. The maximum atomic E-state index is 12.3. The third-order valence-corrected chi connectivity index (χ3v) is 4.99. The van der Waals surface area contributed by atoms with Gasteiger partial charge in [0.2, 0.25) is 0 Å². The molecule has 26 heavy (non-hydrogen) atoms. The van der Waals surface area contributed by atoms with E-state index < -0.39 is 0 Å². The first-order valence-electron chi connectivity index (χ1n) is 9.11. The van der Waals surface area contributed by atoms with E-state index in [2.05, 4.69) is 42.0 Å². The van der Waals surface area contributed by atoms with Crippen molar-refractivity contribution in [1.29, 1.82) is 0 Å². The highest BCUT2D eigenvalue weighted by molar-refractivity contribution is 7.08. The highest BCUT2D eigenvalue weighted by Gasteiger charge is 2.16. The first-order valence-corrected chi connectivity index (χ1v) is 9.88. The zero-order chi connectivity index (χ0) is 18.4. The van der Waals surface area contributed by atoms with Crippen LogP contribution in [-0.2, 0) is 6.42 Å². The Morgan fingerprint density at radius 3 is 2.85 bits per heavy atom. The average molecular weight is 376 g/mol. The van der Waals surface area contributed by atoms with Crippen LogP contribution in [0, 0.1) is 6.92 Å². The van der Waals surface area contributed by atoms with Crippen molar-refractivity contribution in [2.24, 2.45) is 0 Å². The Morgan fingerprint density at radius 2 is 2.08 bits per heavy atom. The molecule has 0 bridgehead atoms. The first kappa shape index (κ1) is 18.5. The fourth-order valence-corrected chi connectivity index (χ4v) is 3.60. The van der Waals surface area contributed by atoms with Gasteiger partial charge in [-0.25, -0.2) is 9.97 Å². The molecule has 2 aromatic heterocycles. The van der Waals surface area contributed by atoms with Crippen molar-refractivity contribution in [3.05, 3.63) is 22.5 Å². The molecule has 1 aliphatic rings. The van der Waals surface area contributed by atoms with Crippen LogP contribution in [0.3, 0.4) is 0 Å². The number of aromatic nitrogens is 4. The molecule has 0 atom stereocenters. The molecule has 0 aromatic carbocycles. The second-order valence-corrected chi connectivity index (χ2v) is 7.09. The number of rotatable bonds is 8. The van der Waals surface area contributed by atoms with Crippen molar-refractivity contribution in [3.63, 3.8) is 0 Å². The molecule has 1 saturated heterocycles. The molecule has 2 N–H and O–H groups in total. The van der Waals surface area contributed by atoms with Crippen molar-refractivity contribution in [2.75, 3.05) is 36.4 Å². The highest BCUT2D eigenvalue weighted by Crippen LogP contribution is 2.20. The zero-order valence-electron chi connectivity index (χ0n) is 15.3. The third kappa shape index (κ3) is 4.66. The van der Waals surface area contributed by atoms with Gasteiger partial charge in [-0.1, -0.05) is 17.8 Å². The summed E-state index contributed by atoms with van der Waals surface area (Å²) < 4.78 is 3.89. The van der Waals surface area contributed by atoms with Crippen LogP contribution in [0.5, 0.6) is 0 Å². The lowest BCUT2D eigenvalue weighted by atomic mass is 10.2. The van der Waals surface area contributed by atoms with Crippen LogP contribution < -0.4 is 15.5 Å².